The Morgan fingerprint density at radius 1 is 0.889 bits per heavy atom. The van der Waals surface area contributed by atoms with Gasteiger partial charge in [-0.15, -0.1) is 0 Å². The Balaban J connectivity index is 2.01. The summed E-state index contributed by atoms with van der Waals surface area (Å²) in [6.07, 6.45) is 0.967. The maximum Gasteiger partial charge on any atom is 0.262 e. The van der Waals surface area contributed by atoms with Crippen molar-refractivity contribution < 1.29 is 14.3 Å². The fourth-order valence-electron chi connectivity index (χ4n) is 2.87. The SMILES string of the molecule is CCCOc1ccc(OCC(=O)Nc2c(C(C)C)cccc2C(C)C)cc1. The molecular weight excluding hydrogens is 338 g/mol. The second kappa shape index (κ2) is 10.0. The molecule has 4 nitrogen and oxygen atoms in total. The Labute approximate surface area is 162 Å². The second-order valence-electron chi connectivity index (χ2n) is 7.28. The van der Waals surface area contributed by atoms with Crippen LogP contribution in [0.1, 0.15) is 64.0 Å². The fourth-order valence-corrected chi connectivity index (χ4v) is 2.87. The van der Waals surface area contributed by atoms with Gasteiger partial charge in [0.05, 0.1) is 6.61 Å². The predicted octanol–water partition coefficient (Wildman–Crippen LogP) is 5.74. The molecule has 0 bridgehead atoms. The Kier molecular flexibility index (Phi) is 7.71. The summed E-state index contributed by atoms with van der Waals surface area (Å²) in [5.74, 6) is 1.96. The van der Waals surface area contributed by atoms with Crippen LogP contribution < -0.4 is 14.8 Å². The number of benzene rings is 2. The number of nitrogens with one attached hydrogen (secondary N) is 1. The van der Waals surface area contributed by atoms with E-state index in [1.807, 2.05) is 24.3 Å². The molecule has 0 fully saturated rings. The number of hydrogen-bond acceptors (Lipinski definition) is 3. The Hall–Kier alpha value is -2.49. The summed E-state index contributed by atoms with van der Waals surface area (Å²) in [4.78, 5) is 12.5. The standard InChI is InChI=1S/C23H31NO3/c1-6-14-26-18-10-12-19(13-11-18)27-15-22(25)24-23-20(16(2)3)8-7-9-21(23)17(4)5/h7-13,16-17H,6,14-15H2,1-5H3,(H,24,25). The van der Waals surface area contributed by atoms with Gasteiger partial charge in [0, 0.05) is 5.69 Å². The van der Waals surface area contributed by atoms with E-state index in [0.29, 0.717) is 24.2 Å². The molecule has 0 unspecified atom stereocenters. The highest BCUT2D eigenvalue weighted by Gasteiger charge is 2.16. The van der Waals surface area contributed by atoms with Crippen molar-refractivity contribution in [2.45, 2.75) is 52.9 Å². The van der Waals surface area contributed by atoms with Crippen molar-refractivity contribution >= 4 is 11.6 Å². The third kappa shape index (κ3) is 6.02. The van der Waals surface area contributed by atoms with E-state index in [0.717, 1.165) is 29.0 Å². The smallest absolute Gasteiger partial charge is 0.262 e. The molecule has 2 rings (SSSR count). The first-order chi connectivity index (χ1) is 12.9. The van der Waals surface area contributed by atoms with Crippen LogP contribution in [0.5, 0.6) is 11.5 Å². The number of amides is 1. The minimum absolute atomic E-state index is 0.0286. The number of anilines is 1. The van der Waals surface area contributed by atoms with Gasteiger partial charge in [-0.3, -0.25) is 4.79 Å². The molecule has 0 heterocycles. The molecule has 0 spiro atoms. The number of rotatable bonds is 9. The molecule has 0 saturated carbocycles. The lowest BCUT2D eigenvalue weighted by molar-refractivity contribution is -0.118. The normalized spacial score (nSPS) is 10.9. The summed E-state index contributed by atoms with van der Waals surface area (Å²) >= 11 is 0. The molecule has 4 heteroatoms. The van der Waals surface area contributed by atoms with Crippen molar-refractivity contribution in [3.8, 4) is 11.5 Å². The number of carbonyl (C=O) groups excluding carboxylic acids is 1. The molecule has 0 aliphatic carbocycles. The van der Waals surface area contributed by atoms with E-state index >= 15 is 0 Å². The minimum Gasteiger partial charge on any atom is -0.494 e. The van der Waals surface area contributed by atoms with Gasteiger partial charge in [-0.05, 0) is 53.6 Å². The van der Waals surface area contributed by atoms with Crippen molar-refractivity contribution in [3.05, 3.63) is 53.6 Å². The summed E-state index contributed by atoms with van der Waals surface area (Å²) in [6, 6.07) is 13.5. The molecule has 2 aromatic carbocycles. The van der Waals surface area contributed by atoms with E-state index in [1.54, 1.807) is 0 Å². The monoisotopic (exact) mass is 369 g/mol. The number of para-hydroxylation sites is 1. The molecule has 2 aromatic rings. The lowest BCUT2D eigenvalue weighted by Crippen LogP contribution is -2.22. The molecule has 146 valence electrons. The van der Waals surface area contributed by atoms with Crippen LogP contribution in [0.15, 0.2) is 42.5 Å². The number of ether oxygens (including phenoxy) is 2. The zero-order valence-corrected chi connectivity index (χ0v) is 17.0. The lowest BCUT2D eigenvalue weighted by atomic mass is 9.92. The lowest BCUT2D eigenvalue weighted by Gasteiger charge is -2.20. The van der Waals surface area contributed by atoms with E-state index in [2.05, 4.69) is 58.1 Å². The molecule has 0 atom stereocenters. The van der Waals surface area contributed by atoms with Gasteiger partial charge in [0.2, 0.25) is 0 Å². The first-order valence-electron chi connectivity index (χ1n) is 9.70. The van der Waals surface area contributed by atoms with E-state index in [1.165, 1.54) is 0 Å². The van der Waals surface area contributed by atoms with Gasteiger partial charge in [0.1, 0.15) is 11.5 Å². The highest BCUT2D eigenvalue weighted by atomic mass is 16.5. The third-order valence-corrected chi connectivity index (χ3v) is 4.30. The van der Waals surface area contributed by atoms with Crippen LogP contribution in [0.4, 0.5) is 5.69 Å². The summed E-state index contributed by atoms with van der Waals surface area (Å²) in [5, 5.41) is 3.06. The van der Waals surface area contributed by atoms with Crippen LogP contribution in [0.2, 0.25) is 0 Å². The molecule has 0 saturated heterocycles. The average molecular weight is 370 g/mol. The number of hydrogen-bond donors (Lipinski definition) is 1. The Morgan fingerprint density at radius 2 is 1.41 bits per heavy atom. The van der Waals surface area contributed by atoms with Crippen molar-refractivity contribution in [2.75, 3.05) is 18.5 Å². The van der Waals surface area contributed by atoms with Gasteiger partial charge in [0.15, 0.2) is 6.61 Å². The van der Waals surface area contributed by atoms with Crippen LogP contribution in [-0.2, 0) is 4.79 Å². The van der Waals surface area contributed by atoms with Crippen LogP contribution >= 0.6 is 0 Å². The van der Waals surface area contributed by atoms with Gasteiger partial charge in [-0.1, -0.05) is 52.8 Å². The van der Waals surface area contributed by atoms with E-state index in [-0.39, 0.29) is 12.5 Å². The second-order valence-corrected chi connectivity index (χ2v) is 7.28. The fraction of sp³-hybridized carbons (Fsp3) is 0.435. The van der Waals surface area contributed by atoms with Crippen molar-refractivity contribution in [1.29, 1.82) is 0 Å². The molecule has 0 aromatic heterocycles. The van der Waals surface area contributed by atoms with Gasteiger partial charge in [-0.2, -0.15) is 0 Å². The van der Waals surface area contributed by atoms with Gasteiger partial charge < -0.3 is 14.8 Å². The van der Waals surface area contributed by atoms with E-state index < -0.39 is 0 Å². The van der Waals surface area contributed by atoms with Gasteiger partial charge in [0.25, 0.3) is 5.91 Å². The van der Waals surface area contributed by atoms with E-state index in [9.17, 15) is 4.79 Å². The maximum absolute atomic E-state index is 12.5. The maximum atomic E-state index is 12.5. The average Bonchev–Trinajstić information content (AvgIpc) is 2.65. The zero-order valence-electron chi connectivity index (χ0n) is 17.0. The van der Waals surface area contributed by atoms with Crippen LogP contribution in [0.3, 0.4) is 0 Å². The molecule has 0 aliphatic rings. The van der Waals surface area contributed by atoms with Gasteiger partial charge in [-0.25, -0.2) is 0 Å². The third-order valence-electron chi connectivity index (χ3n) is 4.30. The first-order valence-corrected chi connectivity index (χ1v) is 9.70. The van der Waals surface area contributed by atoms with Crippen LogP contribution in [0, 0.1) is 0 Å². The van der Waals surface area contributed by atoms with Crippen molar-refractivity contribution in [2.24, 2.45) is 0 Å². The van der Waals surface area contributed by atoms with Crippen molar-refractivity contribution in [1.82, 2.24) is 0 Å². The molecule has 0 aliphatic heterocycles. The first kappa shape index (κ1) is 20.8. The molecule has 27 heavy (non-hydrogen) atoms. The molecule has 0 radical (unpaired) electrons. The summed E-state index contributed by atoms with van der Waals surface area (Å²) < 4.78 is 11.2. The largest absolute Gasteiger partial charge is 0.494 e. The summed E-state index contributed by atoms with van der Waals surface area (Å²) in [5.41, 5.74) is 3.21. The topological polar surface area (TPSA) is 47.6 Å². The zero-order chi connectivity index (χ0) is 19.8. The highest BCUT2D eigenvalue weighted by Crippen LogP contribution is 2.32. The van der Waals surface area contributed by atoms with E-state index in [4.69, 9.17) is 9.47 Å². The van der Waals surface area contributed by atoms with Crippen LogP contribution in [0.25, 0.3) is 0 Å². The van der Waals surface area contributed by atoms with Crippen LogP contribution in [-0.4, -0.2) is 19.1 Å². The predicted molar refractivity (Wildman–Crippen MR) is 111 cm³/mol. The minimum atomic E-state index is -0.156. The highest BCUT2D eigenvalue weighted by molar-refractivity contribution is 5.93. The van der Waals surface area contributed by atoms with Crippen molar-refractivity contribution in [3.63, 3.8) is 0 Å². The summed E-state index contributed by atoms with van der Waals surface area (Å²) in [7, 11) is 0. The number of carbonyl (C=O) groups is 1. The Bertz CT molecular complexity index is 710. The molecular formula is C23H31NO3. The molecule has 1 amide bonds. The Morgan fingerprint density at radius 3 is 1.89 bits per heavy atom. The summed E-state index contributed by atoms with van der Waals surface area (Å²) in [6.45, 7) is 11.3. The molecule has 1 N–H and O–H groups in total. The quantitative estimate of drug-likeness (QED) is 0.613. The van der Waals surface area contributed by atoms with Gasteiger partial charge >= 0.3 is 0 Å².